The summed E-state index contributed by atoms with van der Waals surface area (Å²) in [7, 11) is 1.94. The van der Waals surface area contributed by atoms with Gasteiger partial charge in [-0.3, -0.25) is 4.98 Å². The van der Waals surface area contributed by atoms with Gasteiger partial charge in [0.1, 0.15) is 5.56 Å². The molecule has 0 saturated heterocycles. The molecule has 0 unspecified atom stereocenters. The van der Waals surface area contributed by atoms with Gasteiger partial charge in [0.05, 0.1) is 11.2 Å². The third kappa shape index (κ3) is 2.90. The molecular weight excluding hydrogens is 252 g/mol. The number of hydrogen-bond donors (Lipinski definition) is 1. The van der Waals surface area contributed by atoms with E-state index < -0.39 is 5.97 Å². The fourth-order valence-electron chi connectivity index (χ4n) is 2.26. The Morgan fingerprint density at radius 2 is 2.05 bits per heavy atom. The smallest absolute Gasteiger partial charge is 0.339 e. The molecule has 0 saturated carbocycles. The van der Waals surface area contributed by atoms with Crippen molar-refractivity contribution >= 4 is 22.6 Å². The molecule has 1 heterocycles. The molecule has 0 aliphatic heterocycles. The minimum atomic E-state index is -0.936. The van der Waals surface area contributed by atoms with Gasteiger partial charge in [-0.05, 0) is 18.4 Å². The van der Waals surface area contributed by atoms with Gasteiger partial charge in [-0.1, -0.05) is 32.0 Å². The van der Waals surface area contributed by atoms with Crippen LogP contribution in [0.3, 0.4) is 0 Å². The van der Waals surface area contributed by atoms with Crippen LogP contribution in [0.5, 0.6) is 0 Å². The zero-order valence-corrected chi connectivity index (χ0v) is 12.1. The quantitative estimate of drug-likeness (QED) is 0.906. The first-order chi connectivity index (χ1) is 9.50. The molecule has 0 aliphatic rings. The Labute approximate surface area is 119 Å². The average Bonchev–Trinajstić information content (AvgIpc) is 2.43. The van der Waals surface area contributed by atoms with E-state index in [0.717, 1.165) is 29.6 Å². The fourth-order valence-corrected chi connectivity index (χ4v) is 2.26. The number of para-hydroxylation sites is 1. The molecule has 1 aromatic heterocycles. The molecule has 0 fully saturated rings. The minimum Gasteiger partial charge on any atom is -0.478 e. The standard InChI is InChI=1S/C16H20N2O2/c1-11(2)8-9-18(3)15-12-6-4-5-7-14(12)17-10-13(15)16(19)20/h4-7,10-11H,8-9H2,1-3H3,(H,19,20). The Kier molecular flexibility index (Phi) is 4.23. The van der Waals surface area contributed by atoms with E-state index in [9.17, 15) is 9.90 Å². The van der Waals surface area contributed by atoms with Crippen LogP contribution in [-0.4, -0.2) is 29.7 Å². The van der Waals surface area contributed by atoms with Crippen LogP contribution in [0.15, 0.2) is 30.5 Å². The van der Waals surface area contributed by atoms with E-state index in [1.165, 1.54) is 6.20 Å². The predicted octanol–water partition coefficient (Wildman–Crippen LogP) is 3.42. The highest BCUT2D eigenvalue weighted by atomic mass is 16.4. The fraction of sp³-hybridized carbons (Fsp3) is 0.375. The normalized spacial score (nSPS) is 11.0. The van der Waals surface area contributed by atoms with Crippen LogP contribution >= 0.6 is 0 Å². The summed E-state index contributed by atoms with van der Waals surface area (Å²) in [6.07, 6.45) is 2.47. The number of benzene rings is 1. The molecule has 0 radical (unpaired) electrons. The van der Waals surface area contributed by atoms with Gasteiger partial charge < -0.3 is 10.0 Å². The maximum absolute atomic E-state index is 11.4. The molecule has 0 bridgehead atoms. The van der Waals surface area contributed by atoms with Crippen LogP contribution in [0.2, 0.25) is 0 Å². The highest BCUT2D eigenvalue weighted by Gasteiger charge is 2.17. The number of nitrogens with zero attached hydrogens (tertiary/aromatic N) is 2. The first kappa shape index (κ1) is 14.3. The monoisotopic (exact) mass is 272 g/mol. The Morgan fingerprint density at radius 1 is 1.35 bits per heavy atom. The summed E-state index contributed by atoms with van der Waals surface area (Å²) in [4.78, 5) is 17.7. The van der Waals surface area contributed by atoms with Crippen LogP contribution in [0, 0.1) is 5.92 Å². The van der Waals surface area contributed by atoms with Crippen LogP contribution < -0.4 is 4.90 Å². The summed E-state index contributed by atoms with van der Waals surface area (Å²) in [5.41, 5.74) is 1.84. The number of carboxylic acids is 1. The number of aromatic nitrogens is 1. The van der Waals surface area contributed by atoms with Crippen molar-refractivity contribution in [3.05, 3.63) is 36.0 Å². The van der Waals surface area contributed by atoms with Crippen molar-refractivity contribution in [3.63, 3.8) is 0 Å². The van der Waals surface area contributed by atoms with E-state index in [1.54, 1.807) is 0 Å². The van der Waals surface area contributed by atoms with Crippen LogP contribution in [0.1, 0.15) is 30.6 Å². The summed E-state index contributed by atoms with van der Waals surface area (Å²) in [6.45, 7) is 5.15. The maximum Gasteiger partial charge on any atom is 0.339 e. The number of anilines is 1. The molecule has 0 atom stereocenters. The molecule has 2 rings (SSSR count). The van der Waals surface area contributed by atoms with E-state index in [1.807, 2.05) is 36.2 Å². The average molecular weight is 272 g/mol. The highest BCUT2D eigenvalue weighted by Crippen LogP contribution is 2.29. The van der Waals surface area contributed by atoms with E-state index >= 15 is 0 Å². The lowest BCUT2D eigenvalue weighted by Gasteiger charge is -2.23. The first-order valence-electron chi connectivity index (χ1n) is 6.83. The zero-order valence-electron chi connectivity index (χ0n) is 12.1. The number of carbonyl (C=O) groups is 1. The minimum absolute atomic E-state index is 0.259. The van der Waals surface area contributed by atoms with Crippen LogP contribution in [0.4, 0.5) is 5.69 Å². The summed E-state index contributed by atoms with van der Waals surface area (Å²) in [5.74, 6) is -0.353. The number of aromatic carboxylic acids is 1. The lowest BCUT2D eigenvalue weighted by molar-refractivity contribution is 0.0697. The summed E-state index contributed by atoms with van der Waals surface area (Å²) in [6, 6.07) is 7.65. The van der Waals surface area contributed by atoms with Gasteiger partial charge in [-0.15, -0.1) is 0 Å². The van der Waals surface area contributed by atoms with Gasteiger partial charge >= 0.3 is 5.97 Å². The van der Waals surface area contributed by atoms with Crippen LogP contribution in [-0.2, 0) is 0 Å². The molecule has 4 nitrogen and oxygen atoms in total. The second-order valence-corrected chi connectivity index (χ2v) is 5.45. The third-order valence-electron chi connectivity index (χ3n) is 3.40. The van der Waals surface area contributed by atoms with E-state index in [-0.39, 0.29) is 5.56 Å². The van der Waals surface area contributed by atoms with Gasteiger partial charge in [0, 0.05) is 25.2 Å². The van der Waals surface area contributed by atoms with E-state index in [2.05, 4.69) is 18.8 Å². The molecule has 0 spiro atoms. The SMILES string of the molecule is CC(C)CCN(C)c1c(C(=O)O)cnc2ccccc12. The van der Waals surface area contributed by atoms with Crippen molar-refractivity contribution < 1.29 is 9.90 Å². The van der Waals surface area contributed by atoms with Gasteiger partial charge in [0.15, 0.2) is 0 Å². The lowest BCUT2D eigenvalue weighted by atomic mass is 10.1. The number of pyridine rings is 1. The summed E-state index contributed by atoms with van der Waals surface area (Å²) < 4.78 is 0. The molecular formula is C16H20N2O2. The first-order valence-corrected chi connectivity index (χ1v) is 6.83. The van der Waals surface area contributed by atoms with Crippen molar-refractivity contribution in [2.24, 2.45) is 5.92 Å². The maximum atomic E-state index is 11.4. The highest BCUT2D eigenvalue weighted by molar-refractivity contribution is 6.04. The largest absolute Gasteiger partial charge is 0.478 e. The Balaban J connectivity index is 2.51. The second kappa shape index (κ2) is 5.90. The molecule has 1 aromatic carbocycles. The Bertz CT molecular complexity index is 623. The Morgan fingerprint density at radius 3 is 2.70 bits per heavy atom. The molecule has 2 aromatic rings. The van der Waals surface area contributed by atoms with Gasteiger partial charge in [-0.25, -0.2) is 4.79 Å². The molecule has 1 N–H and O–H groups in total. The van der Waals surface area contributed by atoms with Crippen molar-refractivity contribution in [1.29, 1.82) is 0 Å². The number of fused-ring (bicyclic) bond motifs is 1. The molecule has 20 heavy (non-hydrogen) atoms. The zero-order chi connectivity index (χ0) is 14.7. The van der Waals surface area contributed by atoms with Gasteiger partial charge in [0.2, 0.25) is 0 Å². The number of carboxylic acid groups (broad SMARTS) is 1. The second-order valence-electron chi connectivity index (χ2n) is 5.45. The Hall–Kier alpha value is -2.10. The number of hydrogen-bond acceptors (Lipinski definition) is 3. The van der Waals surface area contributed by atoms with Crippen molar-refractivity contribution in [1.82, 2.24) is 4.98 Å². The van der Waals surface area contributed by atoms with Crippen molar-refractivity contribution in [2.45, 2.75) is 20.3 Å². The summed E-state index contributed by atoms with van der Waals surface area (Å²) in [5, 5.41) is 10.3. The molecule has 0 aliphatic carbocycles. The summed E-state index contributed by atoms with van der Waals surface area (Å²) >= 11 is 0. The topological polar surface area (TPSA) is 53.4 Å². The van der Waals surface area contributed by atoms with E-state index in [4.69, 9.17) is 0 Å². The van der Waals surface area contributed by atoms with Crippen molar-refractivity contribution in [2.75, 3.05) is 18.5 Å². The van der Waals surface area contributed by atoms with Gasteiger partial charge in [0.25, 0.3) is 0 Å². The molecule has 4 heteroatoms. The van der Waals surface area contributed by atoms with Crippen molar-refractivity contribution in [3.8, 4) is 0 Å². The molecule has 106 valence electrons. The van der Waals surface area contributed by atoms with Crippen LogP contribution in [0.25, 0.3) is 10.9 Å². The molecule has 0 amide bonds. The number of rotatable bonds is 5. The lowest BCUT2D eigenvalue weighted by Crippen LogP contribution is -2.23. The van der Waals surface area contributed by atoms with Gasteiger partial charge in [-0.2, -0.15) is 0 Å². The predicted molar refractivity (Wildman–Crippen MR) is 81.4 cm³/mol. The van der Waals surface area contributed by atoms with E-state index in [0.29, 0.717) is 5.92 Å². The third-order valence-corrected chi connectivity index (χ3v) is 3.40.